The van der Waals surface area contributed by atoms with Crippen LogP contribution in [-0.2, 0) is 17.6 Å². The van der Waals surface area contributed by atoms with Crippen LogP contribution in [0.3, 0.4) is 0 Å². The Morgan fingerprint density at radius 1 is 1.07 bits per heavy atom. The van der Waals surface area contributed by atoms with Gasteiger partial charge in [-0.15, -0.1) is 11.3 Å². The number of rotatable bonds is 7. The lowest BCUT2D eigenvalue weighted by Crippen LogP contribution is -2.32. The number of hydrogen-bond donors (Lipinski definition) is 1. The maximum absolute atomic E-state index is 12.1. The van der Waals surface area contributed by atoms with Crippen molar-refractivity contribution in [1.82, 2.24) is 15.3 Å². The quantitative estimate of drug-likeness (QED) is 0.488. The average molecular weight is 398 g/mol. The molecule has 0 unspecified atom stereocenters. The summed E-state index contributed by atoms with van der Waals surface area (Å²) in [5.41, 5.74) is 1.31. The molecule has 7 heteroatoms. The highest BCUT2D eigenvalue weighted by molar-refractivity contribution is 7.18. The third kappa shape index (κ3) is 4.42. The van der Waals surface area contributed by atoms with Crippen molar-refractivity contribution in [3.8, 4) is 11.6 Å². The highest BCUT2D eigenvalue weighted by Crippen LogP contribution is 2.38. The smallest absolute Gasteiger partial charge is 0.258 e. The molecule has 2 aromatic heterocycles. The normalized spacial score (nSPS) is 13.6. The molecule has 1 N–H and O–H groups in total. The van der Waals surface area contributed by atoms with Gasteiger partial charge in [0, 0.05) is 4.88 Å². The topological polar surface area (TPSA) is 73.3 Å². The van der Waals surface area contributed by atoms with Crippen molar-refractivity contribution >= 4 is 27.5 Å². The Balaban J connectivity index is 1.32. The largest absolute Gasteiger partial charge is 0.492 e. The fraction of sp³-hybridized carbons (Fsp3) is 0.381. The minimum atomic E-state index is -0.190. The van der Waals surface area contributed by atoms with E-state index in [1.165, 1.54) is 36.0 Å². The van der Waals surface area contributed by atoms with Crippen molar-refractivity contribution in [1.29, 1.82) is 0 Å². The van der Waals surface area contributed by atoms with E-state index in [2.05, 4.69) is 15.3 Å². The molecule has 1 amide bonds. The van der Waals surface area contributed by atoms with Gasteiger partial charge in [-0.1, -0.05) is 24.6 Å². The predicted octanol–water partition coefficient (Wildman–Crippen LogP) is 3.53. The zero-order valence-electron chi connectivity index (χ0n) is 15.6. The molecule has 0 bridgehead atoms. The minimum Gasteiger partial charge on any atom is -0.492 e. The number of nitrogens with zero attached hydrogens (tertiary/aromatic N) is 2. The molecule has 4 rings (SSSR count). The van der Waals surface area contributed by atoms with Crippen LogP contribution >= 0.6 is 11.3 Å². The average Bonchev–Trinajstić information content (AvgIpc) is 2.92. The van der Waals surface area contributed by atoms with E-state index in [1.54, 1.807) is 11.3 Å². The van der Waals surface area contributed by atoms with Gasteiger partial charge in [-0.2, -0.15) is 0 Å². The zero-order chi connectivity index (χ0) is 19.2. The van der Waals surface area contributed by atoms with Crippen molar-refractivity contribution in [3.05, 3.63) is 47.1 Å². The molecule has 1 aliphatic rings. The van der Waals surface area contributed by atoms with Gasteiger partial charge < -0.3 is 14.8 Å². The summed E-state index contributed by atoms with van der Waals surface area (Å²) >= 11 is 1.73. The number of aromatic nitrogens is 2. The lowest BCUT2D eigenvalue weighted by Gasteiger charge is -2.09. The van der Waals surface area contributed by atoms with Gasteiger partial charge >= 0.3 is 0 Å². The molecule has 2 heterocycles. The molecule has 3 aromatic rings. The zero-order valence-corrected chi connectivity index (χ0v) is 16.5. The van der Waals surface area contributed by atoms with E-state index < -0.39 is 0 Å². The number of aryl methyl sites for hydroxylation is 2. The monoisotopic (exact) mass is 397 g/mol. The van der Waals surface area contributed by atoms with Crippen LogP contribution in [0.25, 0.3) is 10.2 Å². The Hall–Kier alpha value is -2.67. The third-order valence-corrected chi connectivity index (χ3v) is 5.94. The highest BCUT2D eigenvalue weighted by atomic mass is 32.1. The van der Waals surface area contributed by atoms with Gasteiger partial charge in [-0.25, -0.2) is 9.97 Å². The van der Waals surface area contributed by atoms with Crippen LogP contribution in [-0.4, -0.2) is 35.6 Å². The molecule has 1 aromatic carbocycles. The molecular weight excluding hydrogens is 374 g/mol. The minimum absolute atomic E-state index is 0.0674. The Kier molecular flexibility index (Phi) is 6.01. The number of thiophene rings is 1. The van der Waals surface area contributed by atoms with Crippen LogP contribution in [0.2, 0.25) is 0 Å². The molecule has 0 saturated carbocycles. The molecule has 146 valence electrons. The number of ether oxygens (including phenoxy) is 2. The first-order valence-corrected chi connectivity index (χ1v) is 10.5. The lowest BCUT2D eigenvalue weighted by molar-refractivity contribution is -0.123. The number of benzene rings is 1. The molecular formula is C21H23N3O3S. The Morgan fingerprint density at radius 2 is 1.93 bits per heavy atom. The summed E-state index contributed by atoms with van der Waals surface area (Å²) in [6.07, 6.45) is 7.28. The SMILES string of the molecule is O=C(COc1ncnc2sc3c(c12)CCCCC3)NCCOc1ccccc1. The second kappa shape index (κ2) is 9.01. The molecule has 0 fully saturated rings. The Morgan fingerprint density at radius 3 is 2.82 bits per heavy atom. The summed E-state index contributed by atoms with van der Waals surface area (Å²) in [4.78, 5) is 23.2. The molecule has 0 atom stereocenters. The van der Waals surface area contributed by atoms with E-state index in [4.69, 9.17) is 9.47 Å². The lowest BCUT2D eigenvalue weighted by atomic mass is 10.1. The third-order valence-electron chi connectivity index (χ3n) is 4.74. The van der Waals surface area contributed by atoms with Crippen LogP contribution in [0, 0.1) is 0 Å². The second-order valence-corrected chi connectivity index (χ2v) is 7.81. The Labute approximate surface area is 167 Å². The van der Waals surface area contributed by atoms with E-state index >= 15 is 0 Å². The summed E-state index contributed by atoms with van der Waals surface area (Å²) in [6.45, 7) is 0.762. The molecule has 0 saturated heterocycles. The number of para-hydroxylation sites is 1. The van der Waals surface area contributed by atoms with Gasteiger partial charge in [0.05, 0.1) is 11.9 Å². The van der Waals surface area contributed by atoms with Crippen LogP contribution in [0.4, 0.5) is 0 Å². The maximum Gasteiger partial charge on any atom is 0.258 e. The van der Waals surface area contributed by atoms with Crippen LogP contribution < -0.4 is 14.8 Å². The molecule has 0 radical (unpaired) electrons. The first kappa shape index (κ1) is 18.7. The van der Waals surface area contributed by atoms with Crippen molar-refractivity contribution < 1.29 is 14.3 Å². The molecule has 6 nitrogen and oxygen atoms in total. The summed E-state index contributed by atoms with van der Waals surface area (Å²) in [5, 5.41) is 3.80. The van der Waals surface area contributed by atoms with Gasteiger partial charge in [-0.3, -0.25) is 4.79 Å². The summed E-state index contributed by atoms with van der Waals surface area (Å²) < 4.78 is 11.3. The maximum atomic E-state index is 12.1. The van der Waals surface area contributed by atoms with E-state index in [9.17, 15) is 4.79 Å². The molecule has 0 aliphatic heterocycles. The fourth-order valence-corrected chi connectivity index (χ4v) is 4.63. The number of carbonyl (C=O) groups is 1. The summed E-state index contributed by atoms with van der Waals surface area (Å²) in [5.74, 6) is 1.11. The molecule has 0 spiro atoms. The first-order chi connectivity index (χ1) is 13.8. The number of hydrogen-bond acceptors (Lipinski definition) is 6. The van der Waals surface area contributed by atoms with Gasteiger partial charge in [0.15, 0.2) is 6.61 Å². The molecule has 1 aliphatic carbocycles. The Bertz CT molecular complexity index is 943. The predicted molar refractivity (Wildman–Crippen MR) is 109 cm³/mol. The first-order valence-electron chi connectivity index (χ1n) is 9.64. The number of nitrogens with one attached hydrogen (secondary N) is 1. The van der Waals surface area contributed by atoms with E-state index in [-0.39, 0.29) is 12.5 Å². The van der Waals surface area contributed by atoms with Crippen LogP contribution in [0.1, 0.15) is 29.7 Å². The van der Waals surface area contributed by atoms with Crippen molar-refractivity contribution in [2.45, 2.75) is 32.1 Å². The van der Waals surface area contributed by atoms with E-state index in [0.29, 0.717) is 19.0 Å². The van der Waals surface area contributed by atoms with Crippen molar-refractivity contribution in [2.24, 2.45) is 0 Å². The van der Waals surface area contributed by atoms with Gasteiger partial charge in [-0.05, 0) is 43.4 Å². The van der Waals surface area contributed by atoms with E-state index in [0.717, 1.165) is 28.8 Å². The fourth-order valence-electron chi connectivity index (χ4n) is 3.41. The summed E-state index contributed by atoms with van der Waals surface area (Å²) in [7, 11) is 0. The number of fused-ring (bicyclic) bond motifs is 3. The standard InChI is InChI=1S/C21H23N3O3S/c25-18(22-11-12-26-15-7-3-1-4-8-15)13-27-20-19-16-9-5-2-6-10-17(16)28-21(19)24-14-23-20/h1,3-4,7-8,14H,2,5-6,9-13H2,(H,22,25). The van der Waals surface area contributed by atoms with Crippen molar-refractivity contribution in [3.63, 3.8) is 0 Å². The second-order valence-electron chi connectivity index (χ2n) is 6.72. The van der Waals surface area contributed by atoms with Crippen molar-refractivity contribution in [2.75, 3.05) is 19.8 Å². The molecule has 28 heavy (non-hydrogen) atoms. The van der Waals surface area contributed by atoms with E-state index in [1.807, 2.05) is 30.3 Å². The highest BCUT2D eigenvalue weighted by Gasteiger charge is 2.20. The summed E-state index contributed by atoms with van der Waals surface area (Å²) in [6, 6.07) is 9.53. The number of carbonyl (C=O) groups excluding carboxylic acids is 1. The van der Waals surface area contributed by atoms with Gasteiger partial charge in [0.2, 0.25) is 5.88 Å². The number of amides is 1. The van der Waals surface area contributed by atoms with Gasteiger partial charge in [0.1, 0.15) is 23.5 Å². The van der Waals surface area contributed by atoms with Crippen LogP contribution in [0.5, 0.6) is 11.6 Å². The van der Waals surface area contributed by atoms with Gasteiger partial charge in [0.25, 0.3) is 5.91 Å². The van der Waals surface area contributed by atoms with Crippen LogP contribution in [0.15, 0.2) is 36.7 Å².